The molecule has 1 aliphatic rings. The van der Waals surface area contributed by atoms with E-state index in [0.717, 1.165) is 17.0 Å². The smallest absolute Gasteiger partial charge is 0.222 e. The molecule has 1 saturated heterocycles. The van der Waals surface area contributed by atoms with Crippen LogP contribution >= 0.6 is 0 Å². The van der Waals surface area contributed by atoms with Gasteiger partial charge in [0.1, 0.15) is 5.76 Å². The topological polar surface area (TPSA) is 66.6 Å². The number of carbonyl (C=O) groups is 1. The molecular weight excluding hydrogens is 220 g/mol. The van der Waals surface area contributed by atoms with Crippen molar-refractivity contribution in [1.29, 1.82) is 0 Å². The summed E-state index contributed by atoms with van der Waals surface area (Å²) in [5.74, 6) is 0.887. The molecule has 0 aromatic carbocycles. The van der Waals surface area contributed by atoms with Crippen molar-refractivity contribution < 1.29 is 14.4 Å². The summed E-state index contributed by atoms with van der Waals surface area (Å²) >= 11 is 0. The van der Waals surface area contributed by atoms with Crippen LogP contribution in [0.15, 0.2) is 4.52 Å². The fraction of sp³-hybridized carbons (Fsp3) is 0.667. The number of aryl methyl sites for hydroxylation is 2. The second-order valence-corrected chi connectivity index (χ2v) is 4.58. The van der Waals surface area contributed by atoms with Gasteiger partial charge in [-0.25, -0.2) is 0 Å². The number of aromatic nitrogens is 1. The number of carbonyl (C=O) groups excluding carboxylic acids is 1. The molecule has 0 saturated carbocycles. The maximum atomic E-state index is 11.9. The highest BCUT2D eigenvalue weighted by molar-refractivity contribution is 5.76. The molecule has 0 bridgehead atoms. The predicted octanol–water partition coefficient (Wildman–Crippen LogP) is 0.817. The second kappa shape index (κ2) is 4.87. The summed E-state index contributed by atoms with van der Waals surface area (Å²) in [4.78, 5) is 13.6. The molecular formula is C12H18N2O3. The van der Waals surface area contributed by atoms with Crippen molar-refractivity contribution in [3.8, 4) is 0 Å². The highest BCUT2D eigenvalue weighted by atomic mass is 16.5. The summed E-state index contributed by atoms with van der Waals surface area (Å²) in [6, 6.07) is 0. The fourth-order valence-corrected chi connectivity index (χ4v) is 2.22. The molecule has 1 aliphatic heterocycles. The third-order valence-corrected chi connectivity index (χ3v) is 3.29. The molecule has 0 aliphatic carbocycles. The van der Waals surface area contributed by atoms with Crippen LogP contribution in [-0.2, 0) is 11.2 Å². The molecule has 1 fully saturated rings. The van der Waals surface area contributed by atoms with Crippen molar-refractivity contribution in [1.82, 2.24) is 10.1 Å². The molecule has 0 spiro atoms. The van der Waals surface area contributed by atoms with Crippen LogP contribution in [0.3, 0.4) is 0 Å². The van der Waals surface area contributed by atoms with Crippen molar-refractivity contribution in [2.45, 2.75) is 39.2 Å². The Kier molecular flexibility index (Phi) is 3.47. The highest BCUT2D eigenvalue weighted by Gasteiger charge is 2.24. The molecule has 5 heteroatoms. The monoisotopic (exact) mass is 238 g/mol. The summed E-state index contributed by atoms with van der Waals surface area (Å²) in [5.41, 5.74) is 1.88. The lowest BCUT2D eigenvalue weighted by Crippen LogP contribution is -2.29. The van der Waals surface area contributed by atoms with Crippen LogP contribution in [0.25, 0.3) is 0 Å². The average Bonchev–Trinajstić information content (AvgIpc) is 2.84. The van der Waals surface area contributed by atoms with Crippen molar-refractivity contribution in [2.24, 2.45) is 0 Å². The third kappa shape index (κ3) is 2.66. The van der Waals surface area contributed by atoms with Gasteiger partial charge < -0.3 is 14.5 Å². The Morgan fingerprint density at radius 3 is 2.88 bits per heavy atom. The highest BCUT2D eigenvalue weighted by Crippen LogP contribution is 2.16. The Labute approximate surface area is 100 Å². The van der Waals surface area contributed by atoms with E-state index in [9.17, 15) is 9.90 Å². The molecule has 1 N–H and O–H groups in total. The van der Waals surface area contributed by atoms with Crippen LogP contribution in [-0.4, -0.2) is 40.3 Å². The predicted molar refractivity (Wildman–Crippen MR) is 61.5 cm³/mol. The molecule has 94 valence electrons. The van der Waals surface area contributed by atoms with E-state index in [4.69, 9.17) is 4.52 Å². The summed E-state index contributed by atoms with van der Waals surface area (Å²) in [6.07, 6.45) is 1.46. The van der Waals surface area contributed by atoms with Crippen LogP contribution in [0.5, 0.6) is 0 Å². The van der Waals surface area contributed by atoms with Crippen molar-refractivity contribution in [2.75, 3.05) is 13.1 Å². The molecule has 1 amide bonds. The number of rotatable bonds is 3. The molecule has 1 atom stereocenters. The Hall–Kier alpha value is -1.36. The maximum Gasteiger partial charge on any atom is 0.222 e. The van der Waals surface area contributed by atoms with Crippen LogP contribution in [0, 0.1) is 13.8 Å². The Bertz CT molecular complexity index is 394. The SMILES string of the molecule is Cc1noc(C)c1CCC(=O)N1CC[C@H](O)C1. The van der Waals surface area contributed by atoms with Gasteiger partial charge in [-0.3, -0.25) is 4.79 Å². The molecule has 2 rings (SSSR count). The number of aliphatic hydroxyl groups excluding tert-OH is 1. The minimum Gasteiger partial charge on any atom is -0.391 e. The largest absolute Gasteiger partial charge is 0.391 e. The van der Waals surface area contributed by atoms with Gasteiger partial charge in [-0.15, -0.1) is 0 Å². The number of nitrogens with zero attached hydrogens (tertiary/aromatic N) is 2. The zero-order valence-electron chi connectivity index (χ0n) is 10.3. The minimum atomic E-state index is -0.349. The van der Waals surface area contributed by atoms with Crippen LogP contribution in [0.4, 0.5) is 0 Å². The lowest BCUT2D eigenvalue weighted by atomic mass is 10.1. The fourth-order valence-electron chi connectivity index (χ4n) is 2.22. The van der Waals surface area contributed by atoms with Gasteiger partial charge >= 0.3 is 0 Å². The van der Waals surface area contributed by atoms with Gasteiger partial charge in [-0.05, 0) is 26.7 Å². The number of hydrogen-bond donors (Lipinski definition) is 1. The van der Waals surface area contributed by atoms with Crippen molar-refractivity contribution in [3.63, 3.8) is 0 Å². The standard InChI is InChI=1S/C12H18N2O3/c1-8-11(9(2)17-13-8)3-4-12(16)14-6-5-10(15)7-14/h10,15H,3-7H2,1-2H3/t10-/m0/s1. The van der Waals surface area contributed by atoms with Gasteiger partial charge in [0.2, 0.25) is 5.91 Å². The number of β-amino-alcohol motifs (C(OH)–C–C–N with tert-alkyl or cyclic N) is 1. The first-order valence-corrected chi connectivity index (χ1v) is 5.95. The third-order valence-electron chi connectivity index (χ3n) is 3.29. The van der Waals surface area contributed by atoms with Gasteiger partial charge in [0, 0.05) is 25.1 Å². The Morgan fingerprint density at radius 2 is 2.35 bits per heavy atom. The van der Waals surface area contributed by atoms with Gasteiger partial charge in [0.15, 0.2) is 0 Å². The Morgan fingerprint density at radius 1 is 1.59 bits per heavy atom. The van der Waals surface area contributed by atoms with E-state index in [1.54, 1.807) is 4.90 Å². The quantitative estimate of drug-likeness (QED) is 0.846. The van der Waals surface area contributed by atoms with E-state index in [2.05, 4.69) is 5.16 Å². The molecule has 1 aromatic heterocycles. The van der Waals surface area contributed by atoms with Crippen LogP contribution in [0.1, 0.15) is 29.9 Å². The van der Waals surface area contributed by atoms with Gasteiger partial charge in [0.25, 0.3) is 0 Å². The summed E-state index contributed by atoms with van der Waals surface area (Å²) in [5, 5.41) is 13.2. The lowest BCUT2D eigenvalue weighted by Gasteiger charge is -2.15. The number of aliphatic hydroxyl groups is 1. The minimum absolute atomic E-state index is 0.0987. The van der Waals surface area contributed by atoms with E-state index in [1.807, 2.05) is 13.8 Å². The van der Waals surface area contributed by atoms with E-state index < -0.39 is 0 Å². The first-order valence-electron chi connectivity index (χ1n) is 5.95. The molecule has 2 heterocycles. The first-order chi connectivity index (χ1) is 8.08. The zero-order chi connectivity index (χ0) is 12.4. The average molecular weight is 238 g/mol. The van der Waals surface area contributed by atoms with E-state index in [1.165, 1.54) is 0 Å². The second-order valence-electron chi connectivity index (χ2n) is 4.58. The van der Waals surface area contributed by atoms with Gasteiger partial charge in [0.05, 0.1) is 11.8 Å². The van der Waals surface area contributed by atoms with Gasteiger partial charge in [-0.2, -0.15) is 0 Å². The summed E-state index contributed by atoms with van der Waals surface area (Å²) in [7, 11) is 0. The maximum absolute atomic E-state index is 11.9. The molecule has 17 heavy (non-hydrogen) atoms. The number of hydrogen-bond acceptors (Lipinski definition) is 4. The van der Waals surface area contributed by atoms with E-state index >= 15 is 0 Å². The molecule has 0 radical (unpaired) electrons. The lowest BCUT2D eigenvalue weighted by molar-refractivity contribution is -0.130. The molecule has 5 nitrogen and oxygen atoms in total. The van der Waals surface area contributed by atoms with Crippen molar-refractivity contribution in [3.05, 3.63) is 17.0 Å². The van der Waals surface area contributed by atoms with Crippen molar-refractivity contribution >= 4 is 5.91 Å². The number of likely N-dealkylation sites (tertiary alicyclic amines) is 1. The number of amides is 1. The van der Waals surface area contributed by atoms with Gasteiger partial charge in [-0.1, -0.05) is 5.16 Å². The Balaban J connectivity index is 1.88. The molecule has 0 unspecified atom stereocenters. The van der Waals surface area contributed by atoms with E-state index in [-0.39, 0.29) is 12.0 Å². The zero-order valence-corrected chi connectivity index (χ0v) is 10.3. The van der Waals surface area contributed by atoms with E-state index in [0.29, 0.717) is 32.4 Å². The van der Waals surface area contributed by atoms with Crippen LogP contribution < -0.4 is 0 Å². The summed E-state index contributed by atoms with van der Waals surface area (Å²) in [6.45, 7) is 4.89. The first kappa shape index (κ1) is 12.1. The summed E-state index contributed by atoms with van der Waals surface area (Å²) < 4.78 is 5.06. The molecule has 1 aromatic rings. The normalized spacial score (nSPS) is 19.9. The van der Waals surface area contributed by atoms with Crippen LogP contribution in [0.2, 0.25) is 0 Å².